The molecule has 3 heterocycles. The minimum Gasteiger partial charge on any atom is -0.339 e. The van der Waals surface area contributed by atoms with Crippen LogP contribution in [-0.4, -0.2) is 44.8 Å². The van der Waals surface area contributed by atoms with Crippen LogP contribution >= 0.6 is 0 Å². The largest absolute Gasteiger partial charge is 0.339 e. The molecule has 3 aromatic rings. The first-order chi connectivity index (χ1) is 15.0. The number of alkyl halides is 2. The van der Waals surface area contributed by atoms with Crippen molar-refractivity contribution in [3.8, 4) is 11.3 Å². The molecule has 3 rings (SSSR count). The maximum atomic E-state index is 13.8. The average Bonchev–Trinajstić information content (AvgIpc) is 2.66. The highest BCUT2D eigenvalue weighted by atomic mass is 19.3. The first kappa shape index (κ1) is 23.1. The lowest BCUT2D eigenvalue weighted by Crippen LogP contribution is -2.14. The molecule has 0 aliphatic rings. The second-order valence-corrected chi connectivity index (χ2v) is 7.81. The van der Waals surface area contributed by atoms with Crippen LogP contribution in [0.3, 0.4) is 0 Å². The van der Waals surface area contributed by atoms with Gasteiger partial charge in [-0.2, -0.15) is 8.78 Å². The molecule has 0 aliphatic carbocycles. The number of aryl methyl sites for hydroxylation is 1. The van der Waals surface area contributed by atoms with Gasteiger partial charge in [0.2, 0.25) is 11.7 Å². The van der Waals surface area contributed by atoms with Crippen molar-refractivity contribution in [3.63, 3.8) is 0 Å². The number of anilines is 3. The van der Waals surface area contributed by atoms with Gasteiger partial charge in [-0.15, -0.1) is 0 Å². The summed E-state index contributed by atoms with van der Waals surface area (Å²) in [7, 11) is 3.94. The third-order valence-electron chi connectivity index (χ3n) is 4.32. The van der Waals surface area contributed by atoms with Gasteiger partial charge in [0.15, 0.2) is 0 Å². The predicted molar refractivity (Wildman–Crippen MR) is 119 cm³/mol. The van der Waals surface area contributed by atoms with Crippen molar-refractivity contribution < 1.29 is 13.6 Å². The molecule has 0 fully saturated rings. The Morgan fingerprint density at radius 3 is 2.53 bits per heavy atom. The molecular weight excluding hydrogens is 416 g/mol. The van der Waals surface area contributed by atoms with Gasteiger partial charge < -0.3 is 15.5 Å². The Morgan fingerprint density at radius 2 is 1.88 bits per heavy atom. The van der Waals surface area contributed by atoms with Gasteiger partial charge in [-0.05, 0) is 38.7 Å². The molecule has 3 aromatic heterocycles. The van der Waals surface area contributed by atoms with Gasteiger partial charge in [-0.25, -0.2) is 15.0 Å². The first-order valence-electron chi connectivity index (χ1n) is 9.90. The molecule has 8 nitrogen and oxygen atoms in total. The summed E-state index contributed by atoms with van der Waals surface area (Å²) < 4.78 is 27.7. The molecular formula is C22H25F2N7O. The number of carbonyl (C=O) groups is 1. The lowest BCUT2D eigenvalue weighted by Gasteiger charge is -2.16. The Bertz CT molecular complexity index is 1130. The highest BCUT2D eigenvalue weighted by Crippen LogP contribution is 2.32. The van der Waals surface area contributed by atoms with E-state index in [1.165, 1.54) is 6.92 Å². The third kappa shape index (κ3) is 6.01. The van der Waals surface area contributed by atoms with Crippen molar-refractivity contribution in [1.29, 1.82) is 0 Å². The zero-order chi connectivity index (χ0) is 23.5. The molecule has 32 heavy (non-hydrogen) atoms. The summed E-state index contributed by atoms with van der Waals surface area (Å²) >= 11 is 0. The minimum atomic E-state index is -3.19. The van der Waals surface area contributed by atoms with E-state index in [9.17, 15) is 13.6 Å². The van der Waals surface area contributed by atoms with E-state index in [4.69, 9.17) is 0 Å². The highest BCUT2D eigenvalue weighted by molar-refractivity contribution is 5.89. The smallest absolute Gasteiger partial charge is 0.303 e. The lowest BCUT2D eigenvalue weighted by atomic mass is 10.1. The number of nitrogens with zero attached hydrogens (tertiary/aromatic N) is 5. The van der Waals surface area contributed by atoms with E-state index in [0.717, 1.165) is 19.0 Å². The number of aromatic nitrogens is 4. The summed E-state index contributed by atoms with van der Waals surface area (Å²) in [5, 5.41) is 5.70. The molecule has 0 radical (unpaired) electrons. The van der Waals surface area contributed by atoms with Crippen LogP contribution in [-0.2, 0) is 17.3 Å². The maximum absolute atomic E-state index is 13.8. The van der Waals surface area contributed by atoms with E-state index in [-0.39, 0.29) is 11.7 Å². The quantitative estimate of drug-likeness (QED) is 0.569. The fourth-order valence-corrected chi connectivity index (χ4v) is 3.06. The normalized spacial score (nSPS) is 11.5. The standard InChI is InChI=1S/C22H25F2N7O/c1-13-8-20(30-21(27-13)22(3,23)24)29-18-10-19(28-14(2)32)26-11-16(18)17-9-15(6-7-25-17)12-31(4)5/h6-11H,12H2,1-5H3,(H2,26,27,28,29,30,32). The molecule has 0 aliphatic heterocycles. The number of halogens is 2. The Morgan fingerprint density at radius 1 is 1.12 bits per heavy atom. The maximum Gasteiger partial charge on any atom is 0.303 e. The number of hydrogen-bond acceptors (Lipinski definition) is 7. The Labute approximate surface area is 185 Å². The van der Waals surface area contributed by atoms with Crippen LogP contribution in [0.5, 0.6) is 0 Å². The van der Waals surface area contributed by atoms with Crippen molar-refractivity contribution in [2.24, 2.45) is 0 Å². The van der Waals surface area contributed by atoms with Crippen LogP contribution in [0.15, 0.2) is 36.7 Å². The number of pyridine rings is 2. The SMILES string of the molecule is CC(=O)Nc1cc(Nc2cc(C)nc(C(C)(F)F)n2)c(-c2cc(CN(C)C)ccn2)cn1. The van der Waals surface area contributed by atoms with Gasteiger partial charge in [0.25, 0.3) is 0 Å². The lowest BCUT2D eigenvalue weighted by molar-refractivity contribution is -0.114. The summed E-state index contributed by atoms with van der Waals surface area (Å²) in [6.45, 7) is 4.46. The summed E-state index contributed by atoms with van der Waals surface area (Å²) in [5.74, 6) is -3.55. The molecule has 0 saturated heterocycles. The molecule has 2 N–H and O–H groups in total. The van der Waals surface area contributed by atoms with Gasteiger partial charge in [-0.1, -0.05) is 0 Å². The van der Waals surface area contributed by atoms with Crippen molar-refractivity contribution >= 4 is 23.2 Å². The molecule has 0 spiro atoms. The van der Waals surface area contributed by atoms with Gasteiger partial charge >= 0.3 is 5.92 Å². The fraction of sp³-hybridized carbons (Fsp3) is 0.318. The van der Waals surface area contributed by atoms with Crippen LogP contribution in [0.4, 0.5) is 26.1 Å². The van der Waals surface area contributed by atoms with Gasteiger partial charge in [0.05, 0.1) is 11.4 Å². The highest BCUT2D eigenvalue weighted by Gasteiger charge is 2.29. The van der Waals surface area contributed by atoms with Crippen LogP contribution in [0.1, 0.15) is 30.9 Å². The molecule has 1 amide bonds. The van der Waals surface area contributed by atoms with E-state index in [2.05, 4.69) is 30.6 Å². The van der Waals surface area contributed by atoms with E-state index in [1.54, 1.807) is 31.5 Å². The first-order valence-corrected chi connectivity index (χ1v) is 9.90. The molecule has 0 bridgehead atoms. The minimum absolute atomic E-state index is 0.194. The van der Waals surface area contributed by atoms with Crippen molar-refractivity contribution in [3.05, 3.63) is 53.7 Å². The van der Waals surface area contributed by atoms with Gasteiger partial charge in [0, 0.05) is 56.2 Å². The topological polar surface area (TPSA) is 95.9 Å². The van der Waals surface area contributed by atoms with Crippen LogP contribution in [0.2, 0.25) is 0 Å². The van der Waals surface area contributed by atoms with E-state index in [0.29, 0.717) is 28.5 Å². The Balaban J connectivity index is 2.07. The number of nitrogens with one attached hydrogen (secondary N) is 2. The number of hydrogen-bond donors (Lipinski definition) is 2. The predicted octanol–water partition coefficient (Wildman–Crippen LogP) is 4.12. The summed E-state index contributed by atoms with van der Waals surface area (Å²) in [4.78, 5) is 30.1. The van der Waals surface area contributed by atoms with Gasteiger partial charge in [-0.3, -0.25) is 9.78 Å². The fourth-order valence-electron chi connectivity index (χ4n) is 3.06. The van der Waals surface area contributed by atoms with Crippen molar-refractivity contribution in [2.45, 2.75) is 33.2 Å². The Hall–Kier alpha value is -3.53. The van der Waals surface area contributed by atoms with E-state index in [1.807, 2.05) is 31.1 Å². The summed E-state index contributed by atoms with van der Waals surface area (Å²) in [6.07, 6.45) is 3.27. The van der Waals surface area contributed by atoms with E-state index >= 15 is 0 Å². The molecule has 0 saturated carbocycles. The molecule has 0 aromatic carbocycles. The third-order valence-corrected chi connectivity index (χ3v) is 4.32. The van der Waals surface area contributed by atoms with E-state index < -0.39 is 11.7 Å². The van der Waals surface area contributed by atoms with Gasteiger partial charge in [0.1, 0.15) is 11.6 Å². The van der Waals surface area contributed by atoms with Crippen LogP contribution < -0.4 is 10.6 Å². The number of rotatable bonds is 7. The number of amides is 1. The van der Waals surface area contributed by atoms with Crippen LogP contribution in [0, 0.1) is 6.92 Å². The summed E-state index contributed by atoms with van der Waals surface area (Å²) in [6, 6.07) is 7.02. The second kappa shape index (κ2) is 9.31. The van der Waals surface area contributed by atoms with Crippen molar-refractivity contribution in [2.75, 3.05) is 24.7 Å². The Kier molecular flexibility index (Phi) is 6.73. The zero-order valence-corrected chi connectivity index (χ0v) is 18.6. The summed E-state index contributed by atoms with van der Waals surface area (Å²) in [5.41, 5.74) is 3.20. The zero-order valence-electron chi connectivity index (χ0n) is 18.6. The average molecular weight is 441 g/mol. The van der Waals surface area contributed by atoms with Crippen molar-refractivity contribution in [1.82, 2.24) is 24.8 Å². The second-order valence-electron chi connectivity index (χ2n) is 7.81. The molecule has 10 heteroatoms. The molecule has 0 atom stereocenters. The number of carbonyl (C=O) groups excluding carboxylic acids is 1. The molecule has 0 unspecified atom stereocenters. The van der Waals surface area contributed by atoms with Crippen LogP contribution in [0.25, 0.3) is 11.3 Å². The monoisotopic (exact) mass is 441 g/mol. The molecule has 168 valence electrons.